The molecule has 0 radical (unpaired) electrons. The van der Waals surface area contributed by atoms with Gasteiger partial charge in [0, 0.05) is 33.1 Å². The Morgan fingerprint density at radius 1 is 1.47 bits per heavy atom. The zero-order valence-corrected chi connectivity index (χ0v) is 11.7. The minimum atomic E-state index is -0.804. The first kappa shape index (κ1) is 15.8. The van der Waals surface area contributed by atoms with Crippen molar-refractivity contribution in [2.75, 3.05) is 26.7 Å². The molecule has 6 heteroatoms. The molecular weight excluding hydrogens is 248 g/mol. The molecule has 2 unspecified atom stereocenters. The van der Waals surface area contributed by atoms with Crippen LogP contribution in [0.25, 0.3) is 0 Å². The Kier molecular flexibility index (Phi) is 6.08. The number of aliphatic hydroxyl groups is 1. The van der Waals surface area contributed by atoms with Gasteiger partial charge in [0.15, 0.2) is 0 Å². The maximum Gasteiger partial charge on any atom is 0.319 e. The van der Waals surface area contributed by atoms with Crippen LogP contribution < -0.4 is 0 Å². The highest BCUT2D eigenvalue weighted by Crippen LogP contribution is 2.20. The smallest absolute Gasteiger partial charge is 0.319 e. The third kappa shape index (κ3) is 5.46. The molecule has 0 spiro atoms. The molecule has 6 nitrogen and oxygen atoms in total. The van der Waals surface area contributed by atoms with Crippen molar-refractivity contribution in [3.63, 3.8) is 0 Å². The average molecular weight is 272 g/mol. The normalized spacial score (nSPS) is 21.0. The van der Waals surface area contributed by atoms with E-state index in [0.717, 1.165) is 12.8 Å². The zero-order valence-electron chi connectivity index (χ0n) is 11.7. The van der Waals surface area contributed by atoms with E-state index >= 15 is 0 Å². The van der Waals surface area contributed by atoms with Gasteiger partial charge in [-0.25, -0.2) is 4.79 Å². The van der Waals surface area contributed by atoms with Crippen LogP contribution in [0.4, 0.5) is 4.79 Å². The number of hydrogen-bond donors (Lipinski definition) is 2. The van der Waals surface area contributed by atoms with Gasteiger partial charge in [0.2, 0.25) is 0 Å². The summed E-state index contributed by atoms with van der Waals surface area (Å²) in [7, 11) is 1.71. The van der Waals surface area contributed by atoms with Crippen LogP contribution in [-0.4, -0.2) is 64.8 Å². The van der Waals surface area contributed by atoms with Crippen molar-refractivity contribution >= 4 is 12.0 Å². The number of likely N-dealkylation sites (tertiary alicyclic amines) is 1. The zero-order chi connectivity index (χ0) is 14.4. The number of carboxylic acid groups (broad SMARTS) is 1. The first-order chi connectivity index (χ1) is 8.90. The quantitative estimate of drug-likeness (QED) is 0.782. The molecule has 2 N–H and O–H groups in total. The van der Waals surface area contributed by atoms with E-state index in [1.54, 1.807) is 23.8 Å². The van der Waals surface area contributed by atoms with Crippen LogP contribution in [0.15, 0.2) is 0 Å². The standard InChI is InChI=1S/C13H24N2O4/c1-10(16)5-7-14(2)13(19)15-6-3-4-11(9-15)8-12(17)18/h10-11,16H,3-9H2,1-2H3,(H,17,18). The van der Waals surface area contributed by atoms with E-state index in [-0.39, 0.29) is 18.4 Å². The lowest BCUT2D eigenvalue weighted by atomic mass is 9.95. The van der Waals surface area contributed by atoms with Crippen molar-refractivity contribution in [2.24, 2.45) is 5.92 Å². The fraction of sp³-hybridized carbons (Fsp3) is 0.846. The molecule has 0 saturated carbocycles. The van der Waals surface area contributed by atoms with Crippen molar-refractivity contribution in [1.82, 2.24) is 9.80 Å². The third-order valence-electron chi connectivity index (χ3n) is 3.46. The van der Waals surface area contributed by atoms with E-state index in [0.29, 0.717) is 26.1 Å². The Labute approximate surface area is 114 Å². The molecule has 1 aliphatic heterocycles. The number of aliphatic carboxylic acids is 1. The van der Waals surface area contributed by atoms with E-state index < -0.39 is 12.1 Å². The molecule has 0 aliphatic carbocycles. The summed E-state index contributed by atoms with van der Waals surface area (Å²) in [6, 6.07) is -0.0734. The predicted molar refractivity (Wildman–Crippen MR) is 70.9 cm³/mol. The SMILES string of the molecule is CC(O)CCN(C)C(=O)N1CCCC(CC(=O)O)C1. The molecular formula is C13H24N2O4. The summed E-state index contributed by atoms with van der Waals surface area (Å²) in [5, 5.41) is 18.0. The van der Waals surface area contributed by atoms with Crippen LogP contribution in [0.2, 0.25) is 0 Å². The Morgan fingerprint density at radius 3 is 2.74 bits per heavy atom. The second-order valence-corrected chi connectivity index (χ2v) is 5.39. The molecule has 110 valence electrons. The fourth-order valence-corrected chi connectivity index (χ4v) is 2.37. The van der Waals surface area contributed by atoms with E-state index in [1.807, 2.05) is 0 Å². The lowest BCUT2D eigenvalue weighted by Crippen LogP contribution is -2.47. The first-order valence-electron chi connectivity index (χ1n) is 6.80. The van der Waals surface area contributed by atoms with Crippen molar-refractivity contribution < 1.29 is 19.8 Å². The maximum absolute atomic E-state index is 12.2. The number of amides is 2. The van der Waals surface area contributed by atoms with Gasteiger partial charge >= 0.3 is 12.0 Å². The predicted octanol–water partition coefficient (Wildman–Crippen LogP) is 0.996. The van der Waals surface area contributed by atoms with Gasteiger partial charge in [0.25, 0.3) is 0 Å². The molecule has 0 aromatic heterocycles. The molecule has 1 rings (SSSR count). The summed E-state index contributed by atoms with van der Waals surface area (Å²) in [6.07, 6.45) is 1.98. The monoisotopic (exact) mass is 272 g/mol. The molecule has 0 aromatic carbocycles. The Bertz CT molecular complexity index is 320. The van der Waals surface area contributed by atoms with Gasteiger partial charge < -0.3 is 20.0 Å². The van der Waals surface area contributed by atoms with Crippen molar-refractivity contribution in [3.8, 4) is 0 Å². The van der Waals surface area contributed by atoms with Gasteiger partial charge in [0.05, 0.1) is 6.10 Å². The van der Waals surface area contributed by atoms with Crippen LogP contribution in [0.5, 0.6) is 0 Å². The number of aliphatic hydroxyl groups excluding tert-OH is 1. The highest BCUT2D eigenvalue weighted by molar-refractivity contribution is 5.74. The second kappa shape index (κ2) is 7.33. The summed E-state index contributed by atoms with van der Waals surface area (Å²) in [5.74, 6) is -0.748. The molecule has 2 atom stereocenters. The minimum Gasteiger partial charge on any atom is -0.481 e. The number of carboxylic acids is 1. The summed E-state index contributed by atoms with van der Waals surface area (Å²) in [5.41, 5.74) is 0. The molecule has 1 fully saturated rings. The van der Waals surface area contributed by atoms with Gasteiger partial charge in [-0.05, 0) is 32.1 Å². The Morgan fingerprint density at radius 2 is 2.16 bits per heavy atom. The van der Waals surface area contributed by atoms with Gasteiger partial charge in [-0.15, -0.1) is 0 Å². The molecule has 0 bridgehead atoms. The summed E-state index contributed by atoms with van der Waals surface area (Å²) < 4.78 is 0. The number of hydrogen-bond acceptors (Lipinski definition) is 3. The average Bonchev–Trinajstić information content (AvgIpc) is 2.34. The van der Waals surface area contributed by atoms with Crippen LogP contribution in [0.3, 0.4) is 0 Å². The van der Waals surface area contributed by atoms with Gasteiger partial charge in [-0.1, -0.05) is 0 Å². The lowest BCUT2D eigenvalue weighted by molar-refractivity contribution is -0.138. The topological polar surface area (TPSA) is 81.1 Å². The summed E-state index contributed by atoms with van der Waals surface area (Å²) in [4.78, 5) is 26.2. The largest absolute Gasteiger partial charge is 0.481 e. The lowest BCUT2D eigenvalue weighted by Gasteiger charge is -2.35. The summed E-state index contributed by atoms with van der Waals surface area (Å²) in [6.45, 7) is 3.41. The Hall–Kier alpha value is -1.30. The highest BCUT2D eigenvalue weighted by Gasteiger charge is 2.26. The van der Waals surface area contributed by atoms with E-state index in [2.05, 4.69) is 0 Å². The molecule has 19 heavy (non-hydrogen) atoms. The molecule has 0 aromatic rings. The van der Waals surface area contributed by atoms with Gasteiger partial charge in [0.1, 0.15) is 0 Å². The Balaban J connectivity index is 2.44. The third-order valence-corrected chi connectivity index (χ3v) is 3.46. The van der Waals surface area contributed by atoms with Gasteiger partial charge in [-0.3, -0.25) is 4.79 Å². The molecule has 1 heterocycles. The van der Waals surface area contributed by atoms with E-state index in [4.69, 9.17) is 5.11 Å². The number of carbonyl (C=O) groups is 2. The van der Waals surface area contributed by atoms with Crippen molar-refractivity contribution in [2.45, 2.75) is 38.7 Å². The van der Waals surface area contributed by atoms with Crippen LogP contribution >= 0.6 is 0 Å². The van der Waals surface area contributed by atoms with E-state index in [1.165, 1.54) is 0 Å². The number of rotatable bonds is 5. The maximum atomic E-state index is 12.2. The molecule has 1 aliphatic rings. The van der Waals surface area contributed by atoms with Crippen molar-refractivity contribution in [1.29, 1.82) is 0 Å². The van der Waals surface area contributed by atoms with Crippen LogP contribution in [0, 0.1) is 5.92 Å². The number of urea groups is 1. The van der Waals surface area contributed by atoms with Crippen LogP contribution in [0.1, 0.15) is 32.6 Å². The number of nitrogens with zero attached hydrogens (tertiary/aromatic N) is 2. The van der Waals surface area contributed by atoms with E-state index in [9.17, 15) is 14.7 Å². The number of piperidine rings is 1. The highest BCUT2D eigenvalue weighted by atomic mass is 16.4. The number of carbonyl (C=O) groups excluding carboxylic acids is 1. The van der Waals surface area contributed by atoms with Crippen LogP contribution in [-0.2, 0) is 4.79 Å². The molecule has 2 amide bonds. The minimum absolute atomic E-state index is 0.0559. The van der Waals surface area contributed by atoms with Gasteiger partial charge in [-0.2, -0.15) is 0 Å². The second-order valence-electron chi connectivity index (χ2n) is 5.39. The summed E-state index contributed by atoms with van der Waals surface area (Å²) >= 11 is 0. The fourth-order valence-electron chi connectivity index (χ4n) is 2.37. The first-order valence-corrected chi connectivity index (χ1v) is 6.80. The van der Waals surface area contributed by atoms with Crippen molar-refractivity contribution in [3.05, 3.63) is 0 Å². The molecule has 1 saturated heterocycles.